The quantitative estimate of drug-likeness (QED) is 0.841. The normalized spacial score (nSPS) is 15.7. The van der Waals surface area contributed by atoms with Gasteiger partial charge in [0.05, 0.1) is 0 Å². The van der Waals surface area contributed by atoms with Crippen LogP contribution in [0.1, 0.15) is 49.0 Å². The molecule has 1 saturated carbocycles. The fourth-order valence-corrected chi connectivity index (χ4v) is 2.91. The molecule has 1 aromatic carbocycles. The molecule has 1 fully saturated rings. The van der Waals surface area contributed by atoms with Crippen molar-refractivity contribution < 1.29 is 4.79 Å². The van der Waals surface area contributed by atoms with Crippen LogP contribution in [0.15, 0.2) is 42.7 Å². The second-order valence-electron chi connectivity index (χ2n) is 5.94. The van der Waals surface area contributed by atoms with Crippen LogP contribution in [-0.2, 0) is 0 Å². The van der Waals surface area contributed by atoms with Gasteiger partial charge in [-0.25, -0.2) is 9.97 Å². The first-order valence-corrected chi connectivity index (χ1v) is 8.26. The topological polar surface area (TPSA) is 66.9 Å². The Morgan fingerprint density at radius 3 is 2.48 bits per heavy atom. The monoisotopic (exact) mass is 310 g/mol. The number of hydrogen-bond acceptors (Lipinski definition) is 4. The number of para-hydroxylation sites is 1. The Morgan fingerprint density at radius 1 is 1.00 bits per heavy atom. The summed E-state index contributed by atoms with van der Waals surface area (Å²) < 4.78 is 0. The summed E-state index contributed by atoms with van der Waals surface area (Å²) in [6.07, 6.45) is 8.90. The molecule has 1 aromatic heterocycles. The van der Waals surface area contributed by atoms with Crippen molar-refractivity contribution in [3.63, 3.8) is 0 Å². The van der Waals surface area contributed by atoms with E-state index in [2.05, 4.69) is 20.6 Å². The molecule has 2 aromatic rings. The lowest BCUT2D eigenvalue weighted by Gasteiger charge is -2.16. The third kappa shape index (κ3) is 4.52. The van der Waals surface area contributed by atoms with Crippen molar-refractivity contribution >= 4 is 17.4 Å². The van der Waals surface area contributed by atoms with Crippen molar-refractivity contribution in [3.05, 3.63) is 48.4 Å². The van der Waals surface area contributed by atoms with Crippen LogP contribution in [0.4, 0.5) is 11.5 Å². The van der Waals surface area contributed by atoms with E-state index < -0.39 is 0 Å². The highest BCUT2D eigenvalue weighted by molar-refractivity contribution is 6.03. The second kappa shape index (κ2) is 7.72. The lowest BCUT2D eigenvalue weighted by molar-refractivity contribution is 0.102. The number of nitrogens with zero attached hydrogens (tertiary/aromatic N) is 2. The average Bonchev–Trinajstić information content (AvgIpc) is 2.85. The maximum Gasteiger partial charge on any atom is 0.274 e. The van der Waals surface area contributed by atoms with Crippen molar-refractivity contribution in [1.29, 1.82) is 0 Å². The Bertz CT molecular complexity index is 636. The number of carbonyl (C=O) groups excluding carboxylic acids is 1. The molecule has 2 N–H and O–H groups in total. The van der Waals surface area contributed by atoms with Gasteiger partial charge >= 0.3 is 0 Å². The van der Waals surface area contributed by atoms with Gasteiger partial charge in [-0.1, -0.05) is 43.9 Å². The molecule has 1 heterocycles. The Morgan fingerprint density at radius 2 is 1.74 bits per heavy atom. The van der Waals surface area contributed by atoms with Crippen LogP contribution in [0.3, 0.4) is 0 Å². The summed E-state index contributed by atoms with van der Waals surface area (Å²) >= 11 is 0. The number of benzene rings is 1. The van der Waals surface area contributed by atoms with Gasteiger partial charge in [-0.15, -0.1) is 0 Å². The van der Waals surface area contributed by atoms with Crippen LogP contribution in [-0.4, -0.2) is 21.9 Å². The molecule has 1 aliphatic carbocycles. The third-order valence-electron chi connectivity index (χ3n) is 4.14. The second-order valence-corrected chi connectivity index (χ2v) is 5.94. The zero-order valence-electron chi connectivity index (χ0n) is 13.2. The minimum absolute atomic E-state index is 0.220. The fourth-order valence-electron chi connectivity index (χ4n) is 2.91. The Hall–Kier alpha value is -2.43. The van der Waals surface area contributed by atoms with Crippen molar-refractivity contribution in [3.8, 4) is 0 Å². The molecule has 0 aliphatic heterocycles. The van der Waals surface area contributed by atoms with E-state index in [9.17, 15) is 4.79 Å². The molecule has 0 spiro atoms. The van der Waals surface area contributed by atoms with Crippen molar-refractivity contribution in [1.82, 2.24) is 9.97 Å². The van der Waals surface area contributed by atoms with Gasteiger partial charge in [-0.2, -0.15) is 0 Å². The van der Waals surface area contributed by atoms with E-state index in [4.69, 9.17) is 0 Å². The minimum Gasteiger partial charge on any atom is -0.367 e. The predicted octanol–water partition coefficient (Wildman–Crippen LogP) is 3.86. The smallest absolute Gasteiger partial charge is 0.274 e. The first-order valence-electron chi connectivity index (χ1n) is 8.26. The summed E-state index contributed by atoms with van der Waals surface area (Å²) in [5.74, 6) is 0.507. The lowest BCUT2D eigenvalue weighted by Crippen LogP contribution is -2.20. The Kier molecular flexibility index (Phi) is 5.19. The highest BCUT2D eigenvalue weighted by Crippen LogP contribution is 2.20. The number of rotatable bonds is 4. The zero-order chi connectivity index (χ0) is 15.9. The molecule has 120 valence electrons. The average molecular weight is 310 g/mol. The summed E-state index contributed by atoms with van der Waals surface area (Å²) in [7, 11) is 0. The van der Waals surface area contributed by atoms with Gasteiger partial charge in [-0.05, 0) is 25.0 Å². The van der Waals surface area contributed by atoms with E-state index >= 15 is 0 Å². The van der Waals surface area contributed by atoms with Gasteiger partial charge < -0.3 is 10.6 Å². The third-order valence-corrected chi connectivity index (χ3v) is 4.14. The molecule has 0 unspecified atom stereocenters. The summed E-state index contributed by atoms with van der Waals surface area (Å²) in [4.78, 5) is 20.6. The first kappa shape index (κ1) is 15.5. The number of carbonyl (C=O) groups is 1. The first-order chi connectivity index (χ1) is 11.3. The molecule has 3 rings (SSSR count). The van der Waals surface area contributed by atoms with E-state index in [0.29, 0.717) is 11.7 Å². The molecular weight excluding hydrogens is 288 g/mol. The van der Waals surface area contributed by atoms with Crippen molar-refractivity contribution in [2.75, 3.05) is 10.6 Å². The van der Waals surface area contributed by atoms with E-state index in [1.54, 1.807) is 6.07 Å². The number of amides is 1. The molecule has 23 heavy (non-hydrogen) atoms. The molecule has 0 saturated heterocycles. The molecule has 0 atom stereocenters. The van der Waals surface area contributed by atoms with Crippen LogP contribution < -0.4 is 10.6 Å². The molecule has 1 amide bonds. The predicted molar refractivity (Wildman–Crippen MR) is 91.5 cm³/mol. The van der Waals surface area contributed by atoms with Gasteiger partial charge in [0.2, 0.25) is 0 Å². The molecule has 5 nitrogen and oxygen atoms in total. The van der Waals surface area contributed by atoms with E-state index in [1.807, 2.05) is 30.3 Å². The van der Waals surface area contributed by atoms with Crippen LogP contribution in [0.5, 0.6) is 0 Å². The van der Waals surface area contributed by atoms with Crippen LogP contribution in [0.2, 0.25) is 0 Å². The minimum atomic E-state index is -0.220. The number of hydrogen-bond donors (Lipinski definition) is 2. The lowest BCUT2D eigenvalue weighted by atomic mass is 10.1. The fraction of sp³-hybridized carbons (Fsp3) is 0.389. The van der Waals surface area contributed by atoms with Gasteiger partial charge in [0.25, 0.3) is 5.91 Å². The molecule has 0 radical (unpaired) electrons. The van der Waals surface area contributed by atoms with Gasteiger partial charge in [-0.3, -0.25) is 4.79 Å². The van der Waals surface area contributed by atoms with Gasteiger partial charge in [0, 0.05) is 17.8 Å². The zero-order valence-corrected chi connectivity index (χ0v) is 13.2. The van der Waals surface area contributed by atoms with Crippen LogP contribution >= 0.6 is 0 Å². The van der Waals surface area contributed by atoms with Gasteiger partial charge in [0.1, 0.15) is 17.8 Å². The maximum atomic E-state index is 12.3. The largest absolute Gasteiger partial charge is 0.367 e. The summed E-state index contributed by atoms with van der Waals surface area (Å²) in [5, 5.41) is 6.29. The maximum absolute atomic E-state index is 12.3. The van der Waals surface area contributed by atoms with Crippen molar-refractivity contribution in [2.45, 2.75) is 44.6 Å². The summed E-state index contributed by atoms with van der Waals surface area (Å²) in [5.41, 5.74) is 1.13. The van der Waals surface area contributed by atoms with E-state index in [1.165, 1.54) is 32.0 Å². The SMILES string of the molecule is O=C(Nc1ccccc1)c1cc(NC2CCCCCC2)ncn1. The summed E-state index contributed by atoms with van der Waals surface area (Å²) in [6.45, 7) is 0. The Labute approximate surface area is 136 Å². The van der Waals surface area contributed by atoms with Crippen molar-refractivity contribution in [2.24, 2.45) is 0 Å². The number of aromatic nitrogens is 2. The van der Waals surface area contributed by atoms with Gasteiger partial charge in [0.15, 0.2) is 0 Å². The highest BCUT2D eigenvalue weighted by Gasteiger charge is 2.14. The number of nitrogens with one attached hydrogen (secondary N) is 2. The van der Waals surface area contributed by atoms with E-state index in [0.717, 1.165) is 24.3 Å². The molecular formula is C18H22N4O. The highest BCUT2D eigenvalue weighted by atomic mass is 16.1. The number of anilines is 2. The van der Waals surface area contributed by atoms with Crippen LogP contribution in [0, 0.1) is 0 Å². The van der Waals surface area contributed by atoms with Crippen LogP contribution in [0.25, 0.3) is 0 Å². The molecule has 5 heteroatoms. The Balaban J connectivity index is 1.65. The molecule has 0 bridgehead atoms. The summed E-state index contributed by atoms with van der Waals surface area (Å²) in [6, 6.07) is 11.5. The standard InChI is InChI=1S/C18H22N4O/c23-18(22-15-10-6-3-7-11-15)16-12-17(20-13-19-16)21-14-8-4-1-2-5-9-14/h3,6-7,10-14H,1-2,4-5,8-9H2,(H,22,23)(H,19,20,21). The van der Waals surface area contributed by atoms with E-state index in [-0.39, 0.29) is 5.91 Å². The molecule has 1 aliphatic rings.